The lowest BCUT2D eigenvalue weighted by Gasteiger charge is -2.27. The van der Waals surface area contributed by atoms with Crippen LogP contribution in [0.4, 0.5) is 0 Å². The minimum Gasteiger partial charge on any atom is -0.309 e. The molecule has 1 saturated heterocycles. The summed E-state index contributed by atoms with van der Waals surface area (Å²) in [6.45, 7) is 9.19. The zero-order valence-electron chi connectivity index (χ0n) is 13.9. The number of likely N-dealkylation sites (tertiary alicyclic amines) is 1. The lowest BCUT2D eigenvalue weighted by molar-refractivity contribution is 0.252. The quantitative estimate of drug-likeness (QED) is 0.810. The molecule has 21 heavy (non-hydrogen) atoms. The molecule has 1 N–H and O–H groups in total. The Hall–Kier alpha value is -0.860. The van der Waals surface area contributed by atoms with E-state index in [4.69, 9.17) is 0 Å². The average molecular weight is 288 g/mol. The molecule has 0 amide bonds. The Morgan fingerprint density at radius 1 is 1.00 bits per heavy atom. The third-order valence-electron chi connectivity index (χ3n) is 4.51. The molecule has 2 nitrogen and oxygen atoms in total. The molecule has 1 aromatic rings. The van der Waals surface area contributed by atoms with E-state index in [0.29, 0.717) is 6.04 Å². The molecule has 0 aromatic heterocycles. The van der Waals surface area contributed by atoms with Gasteiger partial charge in [0.05, 0.1) is 0 Å². The smallest absolute Gasteiger partial charge is 0.0449 e. The van der Waals surface area contributed by atoms with Gasteiger partial charge in [-0.3, -0.25) is 0 Å². The lowest BCUT2D eigenvalue weighted by atomic mass is 10.0. The molecule has 1 fully saturated rings. The van der Waals surface area contributed by atoms with Crippen LogP contribution in [0.15, 0.2) is 24.3 Å². The van der Waals surface area contributed by atoms with Crippen molar-refractivity contribution in [3.63, 3.8) is 0 Å². The van der Waals surface area contributed by atoms with Crippen LogP contribution in [0, 0.1) is 0 Å². The highest BCUT2D eigenvalue weighted by Gasteiger charge is 2.16. The number of nitrogens with one attached hydrogen (secondary N) is 1. The highest BCUT2D eigenvalue weighted by atomic mass is 15.1. The van der Waals surface area contributed by atoms with Crippen molar-refractivity contribution in [3.05, 3.63) is 35.4 Å². The van der Waals surface area contributed by atoms with E-state index in [1.807, 2.05) is 0 Å². The number of aryl methyl sites for hydroxylation is 1. The zero-order valence-corrected chi connectivity index (χ0v) is 13.9. The van der Waals surface area contributed by atoms with Crippen molar-refractivity contribution in [1.82, 2.24) is 10.2 Å². The molecule has 2 rings (SSSR count). The molecule has 1 heterocycles. The van der Waals surface area contributed by atoms with Crippen LogP contribution in [-0.4, -0.2) is 31.1 Å². The summed E-state index contributed by atoms with van der Waals surface area (Å²) in [5, 5.41) is 3.68. The molecule has 0 bridgehead atoms. The molecule has 0 saturated carbocycles. The maximum atomic E-state index is 3.68. The van der Waals surface area contributed by atoms with E-state index in [0.717, 1.165) is 13.1 Å². The van der Waals surface area contributed by atoms with Crippen LogP contribution in [0.25, 0.3) is 0 Å². The summed E-state index contributed by atoms with van der Waals surface area (Å²) in [6.07, 6.45) is 7.98. The Labute approximate surface area is 130 Å². The number of benzene rings is 1. The van der Waals surface area contributed by atoms with Gasteiger partial charge in [0.25, 0.3) is 0 Å². The average Bonchev–Trinajstić information content (AvgIpc) is 2.77. The first-order valence-electron chi connectivity index (χ1n) is 8.88. The van der Waals surface area contributed by atoms with Gasteiger partial charge in [-0.25, -0.2) is 0 Å². The van der Waals surface area contributed by atoms with Crippen LogP contribution in [0.3, 0.4) is 0 Å². The fourth-order valence-corrected chi connectivity index (χ4v) is 3.32. The van der Waals surface area contributed by atoms with E-state index in [1.54, 1.807) is 0 Å². The number of likely N-dealkylation sites (N-methyl/N-ethyl adjacent to an activating group) is 1. The van der Waals surface area contributed by atoms with Gasteiger partial charge in [0.1, 0.15) is 0 Å². The maximum Gasteiger partial charge on any atom is 0.0449 e. The standard InChI is InChI=1S/C19H32N2/c1-3-9-17-10-12-18(13-11-17)19(20-4-2)16-21-14-7-5-6-8-15-21/h10-13,19-20H,3-9,14-16H2,1-2H3. The van der Waals surface area contributed by atoms with Crippen molar-refractivity contribution in [2.75, 3.05) is 26.2 Å². The Morgan fingerprint density at radius 2 is 1.67 bits per heavy atom. The van der Waals surface area contributed by atoms with Gasteiger partial charge in [-0.15, -0.1) is 0 Å². The minimum absolute atomic E-state index is 0.476. The summed E-state index contributed by atoms with van der Waals surface area (Å²) in [5.74, 6) is 0. The van der Waals surface area contributed by atoms with Crippen LogP contribution < -0.4 is 5.32 Å². The lowest BCUT2D eigenvalue weighted by Crippen LogP contribution is -2.35. The molecule has 1 aromatic carbocycles. The zero-order chi connectivity index (χ0) is 14.9. The van der Waals surface area contributed by atoms with Gasteiger partial charge in [0, 0.05) is 12.6 Å². The van der Waals surface area contributed by atoms with Gasteiger partial charge in [-0.1, -0.05) is 57.4 Å². The van der Waals surface area contributed by atoms with Gasteiger partial charge >= 0.3 is 0 Å². The van der Waals surface area contributed by atoms with E-state index in [-0.39, 0.29) is 0 Å². The number of hydrogen-bond acceptors (Lipinski definition) is 2. The third-order valence-corrected chi connectivity index (χ3v) is 4.51. The maximum absolute atomic E-state index is 3.68. The first kappa shape index (κ1) is 16.5. The summed E-state index contributed by atoms with van der Waals surface area (Å²) in [4.78, 5) is 2.65. The fourth-order valence-electron chi connectivity index (χ4n) is 3.32. The van der Waals surface area contributed by atoms with Crippen molar-refractivity contribution in [1.29, 1.82) is 0 Å². The first-order valence-corrected chi connectivity index (χ1v) is 8.88. The predicted octanol–water partition coefficient (Wildman–Crippen LogP) is 4.17. The molecule has 0 spiro atoms. The number of rotatable bonds is 7. The van der Waals surface area contributed by atoms with Gasteiger partial charge in [0.2, 0.25) is 0 Å². The topological polar surface area (TPSA) is 15.3 Å². The summed E-state index contributed by atoms with van der Waals surface area (Å²) in [7, 11) is 0. The minimum atomic E-state index is 0.476. The number of nitrogens with zero attached hydrogens (tertiary/aromatic N) is 1. The van der Waals surface area contributed by atoms with E-state index in [2.05, 4.69) is 48.3 Å². The molecule has 1 aliphatic heterocycles. The highest BCUT2D eigenvalue weighted by Crippen LogP contribution is 2.18. The second-order valence-corrected chi connectivity index (χ2v) is 6.32. The molecule has 1 atom stereocenters. The van der Waals surface area contributed by atoms with Crippen LogP contribution in [0.5, 0.6) is 0 Å². The Kier molecular flexibility index (Phi) is 7.25. The molecular formula is C19H32N2. The van der Waals surface area contributed by atoms with Crippen LogP contribution >= 0.6 is 0 Å². The summed E-state index contributed by atoms with van der Waals surface area (Å²) in [5.41, 5.74) is 2.91. The van der Waals surface area contributed by atoms with Crippen molar-refractivity contribution >= 4 is 0 Å². The Balaban J connectivity index is 1.99. The van der Waals surface area contributed by atoms with Crippen LogP contribution in [0.1, 0.15) is 63.1 Å². The Morgan fingerprint density at radius 3 is 2.24 bits per heavy atom. The second-order valence-electron chi connectivity index (χ2n) is 6.32. The molecule has 2 heteroatoms. The van der Waals surface area contributed by atoms with Gasteiger partial charge in [0.15, 0.2) is 0 Å². The second kappa shape index (κ2) is 9.22. The monoisotopic (exact) mass is 288 g/mol. The van der Waals surface area contributed by atoms with Gasteiger partial charge in [-0.05, 0) is 50.0 Å². The van der Waals surface area contributed by atoms with Crippen molar-refractivity contribution in [2.24, 2.45) is 0 Å². The SMILES string of the molecule is CCCc1ccc(C(CN2CCCCCC2)NCC)cc1. The predicted molar refractivity (Wildman–Crippen MR) is 91.8 cm³/mol. The first-order chi connectivity index (χ1) is 10.3. The third kappa shape index (κ3) is 5.44. The molecule has 118 valence electrons. The normalized spacial score (nSPS) is 18.4. The van der Waals surface area contributed by atoms with Crippen molar-refractivity contribution < 1.29 is 0 Å². The molecule has 1 aliphatic rings. The van der Waals surface area contributed by atoms with Crippen molar-refractivity contribution in [3.8, 4) is 0 Å². The molecule has 0 radical (unpaired) electrons. The fraction of sp³-hybridized carbons (Fsp3) is 0.684. The van der Waals surface area contributed by atoms with Crippen molar-refractivity contribution in [2.45, 2.75) is 58.4 Å². The van der Waals surface area contributed by atoms with Gasteiger partial charge < -0.3 is 10.2 Å². The highest BCUT2D eigenvalue weighted by molar-refractivity contribution is 5.25. The van der Waals surface area contributed by atoms with Gasteiger partial charge in [-0.2, -0.15) is 0 Å². The van der Waals surface area contributed by atoms with E-state index in [1.165, 1.54) is 62.7 Å². The summed E-state index contributed by atoms with van der Waals surface area (Å²) in [6, 6.07) is 9.76. The molecular weight excluding hydrogens is 256 g/mol. The summed E-state index contributed by atoms with van der Waals surface area (Å²) < 4.78 is 0. The summed E-state index contributed by atoms with van der Waals surface area (Å²) >= 11 is 0. The van der Waals surface area contributed by atoms with E-state index in [9.17, 15) is 0 Å². The molecule has 1 unspecified atom stereocenters. The van der Waals surface area contributed by atoms with Crippen LogP contribution in [-0.2, 0) is 6.42 Å². The Bertz CT molecular complexity index is 377. The van der Waals surface area contributed by atoms with E-state index >= 15 is 0 Å². The van der Waals surface area contributed by atoms with E-state index < -0.39 is 0 Å². The number of hydrogen-bond donors (Lipinski definition) is 1. The van der Waals surface area contributed by atoms with Crippen LogP contribution in [0.2, 0.25) is 0 Å². The largest absolute Gasteiger partial charge is 0.309 e. The molecule has 0 aliphatic carbocycles.